The van der Waals surface area contributed by atoms with E-state index in [0.29, 0.717) is 15.9 Å². The fourth-order valence-electron chi connectivity index (χ4n) is 1.50. The lowest BCUT2D eigenvalue weighted by atomic mass is 10.3. The Balaban J connectivity index is 2.20. The van der Waals surface area contributed by atoms with Crippen molar-refractivity contribution in [1.29, 1.82) is 0 Å². The maximum Gasteiger partial charge on any atom is 0.286 e. The van der Waals surface area contributed by atoms with Gasteiger partial charge in [-0.05, 0) is 32.3 Å². The molecule has 1 aliphatic heterocycles. The number of nitrogens with zero attached hydrogens (tertiary/aromatic N) is 2. The normalized spacial score (nSPS) is 16.7. The smallest absolute Gasteiger partial charge is 0.286 e. The van der Waals surface area contributed by atoms with E-state index in [1.165, 1.54) is 17.8 Å². The quantitative estimate of drug-likeness (QED) is 0.924. The van der Waals surface area contributed by atoms with E-state index in [1.807, 2.05) is 19.0 Å². The Morgan fingerprint density at radius 1 is 1.42 bits per heavy atom. The minimum absolute atomic E-state index is 0.122. The van der Waals surface area contributed by atoms with Gasteiger partial charge in [0.2, 0.25) is 0 Å². The van der Waals surface area contributed by atoms with Gasteiger partial charge in [-0.1, -0.05) is 23.4 Å². The third-order valence-electron chi connectivity index (χ3n) is 2.44. The number of halogens is 1. The van der Waals surface area contributed by atoms with Gasteiger partial charge in [0.1, 0.15) is 4.90 Å². The minimum atomic E-state index is -3.66. The molecule has 0 atom stereocenters. The van der Waals surface area contributed by atoms with Crippen molar-refractivity contribution in [3.63, 3.8) is 0 Å². The Labute approximate surface area is 122 Å². The predicted molar refractivity (Wildman–Crippen MR) is 80.7 cm³/mol. The van der Waals surface area contributed by atoms with E-state index in [-0.39, 0.29) is 4.90 Å². The molecule has 2 rings (SSSR count). The summed E-state index contributed by atoms with van der Waals surface area (Å²) in [6.45, 7) is 0.846. The SMILES string of the molecule is CN(C)CCSC1=NS(=O)(=O)c2cc(Cl)ccc2N1. The molecule has 0 aliphatic carbocycles. The number of rotatable bonds is 3. The number of sulfonamides is 1. The summed E-state index contributed by atoms with van der Waals surface area (Å²) in [6, 6.07) is 4.71. The van der Waals surface area contributed by atoms with Crippen LogP contribution in [0.15, 0.2) is 27.5 Å². The number of hydrogen-bond acceptors (Lipinski definition) is 5. The van der Waals surface area contributed by atoms with Crippen molar-refractivity contribution in [1.82, 2.24) is 4.90 Å². The van der Waals surface area contributed by atoms with Crippen LogP contribution in [0.3, 0.4) is 0 Å². The van der Waals surface area contributed by atoms with Gasteiger partial charge < -0.3 is 10.2 Å². The van der Waals surface area contributed by atoms with E-state index in [0.717, 1.165) is 12.3 Å². The molecular formula is C11H14ClN3O2S2. The average molecular weight is 320 g/mol. The van der Waals surface area contributed by atoms with Crippen molar-refractivity contribution in [2.75, 3.05) is 31.7 Å². The van der Waals surface area contributed by atoms with Crippen molar-refractivity contribution in [2.24, 2.45) is 4.40 Å². The zero-order valence-corrected chi connectivity index (χ0v) is 12.9. The molecule has 19 heavy (non-hydrogen) atoms. The number of hydrogen-bond donors (Lipinski definition) is 1. The van der Waals surface area contributed by atoms with Gasteiger partial charge in [-0.2, -0.15) is 8.42 Å². The van der Waals surface area contributed by atoms with E-state index in [1.54, 1.807) is 12.1 Å². The van der Waals surface area contributed by atoms with Crippen LogP contribution in [0.2, 0.25) is 5.02 Å². The highest BCUT2D eigenvalue weighted by molar-refractivity contribution is 8.14. The fraction of sp³-hybridized carbons (Fsp3) is 0.364. The maximum atomic E-state index is 12.0. The second kappa shape index (κ2) is 5.70. The van der Waals surface area contributed by atoms with E-state index in [9.17, 15) is 8.42 Å². The minimum Gasteiger partial charge on any atom is -0.333 e. The molecule has 0 unspecified atom stereocenters. The summed E-state index contributed by atoms with van der Waals surface area (Å²) in [5, 5.41) is 3.79. The molecule has 0 radical (unpaired) electrons. The van der Waals surface area contributed by atoms with Crippen LogP contribution in [0.1, 0.15) is 0 Å². The van der Waals surface area contributed by atoms with Crippen LogP contribution in [0.5, 0.6) is 0 Å². The third-order valence-corrected chi connectivity index (χ3v) is 4.96. The molecule has 0 saturated carbocycles. The van der Waals surface area contributed by atoms with Gasteiger partial charge in [-0.3, -0.25) is 0 Å². The molecule has 8 heteroatoms. The lowest BCUT2D eigenvalue weighted by molar-refractivity contribution is 0.438. The van der Waals surface area contributed by atoms with Gasteiger partial charge in [0.15, 0.2) is 5.17 Å². The molecule has 0 spiro atoms. The molecule has 1 heterocycles. The van der Waals surface area contributed by atoms with Crippen LogP contribution in [0.4, 0.5) is 5.69 Å². The molecule has 1 aromatic rings. The van der Waals surface area contributed by atoms with Gasteiger partial charge in [0, 0.05) is 17.3 Å². The lowest BCUT2D eigenvalue weighted by Crippen LogP contribution is -2.21. The average Bonchev–Trinajstić information content (AvgIpc) is 2.29. The van der Waals surface area contributed by atoms with Gasteiger partial charge in [-0.15, -0.1) is 4.40 Å². The molecule has 1 aliphatic rings. The third kappa shape index (κ3) is 3.62. The van der Waals surface area contributed by atoms with Crippen molar-refractivity contribution < 1.29 is 8.42 Å². The summed E-state index contributed by atoms with van der Waals surface area (Å²) in [5.41, 5.74) is 0.520. The molecule has 104 valence electrons. The molecule has 0 amide bonds. The van der Waals surface area contributed by atoms with Crippen LogP contribution in [-0.2, 0) is 10.0 Å². The molecule has 0 fully saturated rings. The predicted octanol–water partition coefficient (Wildman–Crippen LogP) is 2.10. The Kier molecular flexibility index (Phi) is 4.39. The summed E-state index contributed by atoms with van der Waals surface area (Å²) < 4.78 is 27.8. The van der Waals surface area contributed by atoms with Gasteiger partial charge in [-0.25, -0.2) is 0 Å². The molecule has 1 aromatic carbocycles. The van der Waals surface area contributed by atoms with Crippen molar-refractivity contribution in [2.45, 2.75) is 4.90 Å². The summed E-state index contributed by atoms with van der Waals surface area (Å²) in [5.74, 6) is 0.761. The van der Waals surface area contributed by atoms with Crippen LogP contribution in [0, 0.1) is 0 Å². The molecule has 0 saturated heterocycles. The van der Waals surface area contributed by atoms with Crippen LogP contribution < -0.4 is 5.32 Å². The second-order valence-electron chi connectivity index (χ2n) is 4.29. The van der Waals surface area contributed by atoms with Gasteiger partial charge >= 0.3 is 0 Å². The summed E-state index contributed by atoms with van der Waals surface area (Å²) in [6.07, 6.45) is 0. The zero-order chi connectivity index (χ0) is 14.0. The van der Waals surface area contributed by atoms with E-state index >= 15 is 0 Å². The second-order valence-corrected chi connectivity index (χ2v) is 7.38. The lowest BCUT2D eigenvalue weighted by Gasteiger charge is -2.18. The van der Waals surface area contributed by atoms with Gasteiger partial charge in [0.25, 0.3) is 10.0 Å². The molecule has 5 nitrogen and oxygen atoms in total. The Morgan fingerprint density at radius 2 is 2.16 bits per heavy atom. The highest BCUT2D eigenvalue weighted by Gasteiger charge is 2.25. The number of anilines is 1. The largest absolute Gasteiger partial charge is 0.333 e. The number of nitrogens with one attached hydrogen (secondary N) is 1. The van der Waals surface area contributed by atoms with E-state index in [2.05, 4.69) is 9.71 Å². The maximum absolute atomic E-state index is 12.0. The summed E-state index contributed by atoms with van der Waals surface area (Å²) >= 11 is 7.19. The Hall–Kier alpha value is -0.760. The first kappa shape index (κ1) is 14.6. The number of fused-ring (bicyclic) bond motifs is 1. The summed E-state index contributed by atoms with van der Waals surface area (Å²) in [4.78, 5) is 2.15. The topological polar surface area (TPSA) is 61.8 Å². The number of thioether (sulfide) groups is 1. The van der Waals surface area contributed by atoms with Crippen LogP contribution in [0.25, 0.3) is 0 Å². The highest BCUT2D eigenvalue weighted by Crippen LogP contribution is 2.31. The molecule has 1 N–H and O–H groups in total. The standard InChI is InChI=1S/C11H14ClN3O2S2/c1-15(2)5-6-18-11-13-9-4-3-8(12)7-10(9)19(16,17)14-11/h3-4,7H,5-6H2,1-2H3,(H,13,14). The summed E-state index contributed by atoms with van der Waals surface area (Å²) in [7, 11) is 0.268. The Bertz CT molecular complexity index is 614. The highest BCUT2D eigenvalue weighted by atomic mass is 35.5. The molecular weight excluding hydrogens is 306 g/mol. The van der Waals surface area contributed by atoms with Crippen LogP contribution in [-0.4, -0.2) is 44.9 Å². The molecule has 0 aromatic heterocycles. The van der Waals surface area contributed by atoms with Crippen molar-refractivity contribution in [3.8, 4) is 0 Å². The van der Waals surface area contributed by atoms with E-state index in [4.69, 9.17) is 11.6 Å². The fourth-order valence-corrected chi connectivity index (χ4v) is 4.11. The first-order chi connectivity index (χ1) is 8.88. The number of amidine groups is 1. The van der Waals surface area contributed by atoms with Crippen molar-refractivity contribution in [3.05, 3.63) is 23.2 Å². The van der Waals surface area contributed by atoms with E-state index < -0.39 is 10.0 Å². The first-order valence-corrected chi connectivity index (χ1v) is 8.38. The van der Waals surface area contributed by atoms with Crippen molar-refractivity contribution >= 4 is 44.2 Å². The molecule has 0 bridgehead atoms. The van der Waals surface area contributed by atoms with Crippen LogP contribution >= 0.6 is 23.4 Å². The monoisotopic (exact) mass is 319 g/mol. The first-order valence-electron chi connectivity index (χ1n) is 5.57. The number of benzene rings is 1. The van der Waals surface area contributed by atoms with Gasteiger partial charge in [0.05, 0.1) is 5.69 Å². The zero-order valence-electron chi connectivity index (χ0n) is 10.6. The Morgan fingerprint density at radius 3 is 2.84 bits per heavy atom.